The van der Waals surface area contributed by atoms with Crippen LogP contribution in [0.3, 0.4) is 0 Å². The highest BCUT2D eigenvalue weighted by molar-refractivity contribution is 6.24. The smallest absolute Gasteiger partial charge is 0.160 e. The Labute approximate surface area is 317 Å². The molecule has 0 bridgehead atoms. The number of nitrogens with zero attached hydrogens (tertiary/aromatic N) is 3. The third-order valence-corrected chi connectivity index (χ3v) is 10.7. The van der Waals surface area contributed by atoms with Gasteiger partial charge in [-0.15, -0.1) is 0 Å². The number of rotatable bonds is 5. The van der Waals surface area contributed by atoms with E-state index in [2.05, 4.69) is 152 Å². The summed E-state index contributed by atoms with van der Waals surface area (Å²) < 4.78 is 6.54. The lowest BCUT2D eigenvalue weighted by atomic mass is 9.95. The monoisotopic (exact) mass is 701 g/mol. The van der Waals surface area contributed by atoms with E-state index in [9.17, 15) is 0 Å². The van der Waals surface area contributed by atoms with Crippen LogP contribution in [0.4, 0.5) is 0 Å². The molecule has 3 heterocycles. The number of benzene rings is 8. The predicted octanol–water partition coefficient (Wildman–Crippen LogP) is 13.6. The summed E-state index contributed by atoms with van der Waals surface area (Å²) in [5, 5.41) is 6.50. The molecule has 0 atom stereocenters. The summed E-state index contributed by atoms with van der Waals surface area (Å²) in [5.74, 6) is 0.699. The minimum atomic E-state index is 0.699. The molecule has 0 saturated heterocycles. The summed E-state index contributed by atoms with van der Waals surface area (Å²) in [6.07, 6.45) is 0. The molecule has 0 aliphatic rings. The van der Waals surface area contributed by atoms with Crippen molar-refractivity contribution in [1.82, 2.24) is 15.0 Å². The Hall–Kier alpha value is -7.43. The van der Waals surface area contributed by atoms with Crippen molar-refractivity contribution in [3.05, 3.63) is 188 Å². The molecule has 4 nitrogen and oxygen atoms in total. The summed E-state index contributed by atoms with van der Waals surface area (Å²) in [4.78, 5) is 15.4. The van der Waals surface area contributed by atoms with Crippen LogP contribution in [0.25, 0.3) is 111 Å². The van der Waals surface area contributed by atoms with E-state index in [4.69, 9.17) is 19.4 Å². The number of fused-ring (bicyclic) bond motifs is 8. The maximum atomic E-state index is 6.54. The van der Waals surface area contributed by atoms with Crippen molar-refractivity contribution >= 4 is 54.5 Å². The predicted molar refractivity (Wildman–Crippen MR) is 227 cm³/mol. The number of furan rings is 1. The quantitative estimate of drug-likeness (QED) is 0.168. The first kappa shape index (κ1) is 31.1. The van der Waals surface area contributed by atoms with Gasteiger partial charge >= 0.3 is 0 Å². The van der Waals surface area contributed by atoms with Gasteiger partial charge in [-0.1, -0.05) is 158 Å². The normalized spacial score (nSPS) is 11.6. The van der Waals surface area contributed by atoms with Gasteiger partial charge in [-0.2, -0.15) is 0 Å². The summed E-state index contributed by atoms with van der Waals surface area (Å²) >= 11 is 0. The highest BCUT2D eigenvalue weighted by atomic mass is 16.3. The molecular formula is C51H31N3O. The van der Waals surface area contributed by atoms with Crippen LogP contribution in [0.2, 0.25) is 0 Å². The Bertz CT molecular complexity index is 3240. The van der Waals surface area contributed by atoms with E-state index in [1.54, 1.807) is 0 Å². The SMILES string of the molecule is c1ccc(-c2ccc(-c3nc(-c4ccc(-c5cccc(-c6nc7ccccc7c7c6ccc6c8ccccc8oc67)c5)cc4)nc4ccccc34)cc2)cc1. The van der Waals surface area contributed by atoms with Crippen LogP contribution in [-0.2, 0) is 0 Å². The van der Waals surface area contributed by atoms with Crippen molar-refractivity contribution in [2.24, 2.45) is 0 Å². The van der Waals surface area contributed by atoms with Crippen molar-refractivity contribution in [2.75, 3.05) is 0 Å². The van der Waals surface area contributed by atoms with Crippen LogP contribution in [0, 0.1) is 0 Å². The molecule has 0 aliphatic heterocycles. The van der Waals surface area contributed by atoms with Crippen molar-refractivity contribution < 1.29 is 4.42 Å². The summed E-state index contributed by atoms with van der Waals surface area (Å²) in [5.41, 5.74) is 13.2. The molecule has 0 unspecified atom stereocenters. The Kier molecular flexibility index (Phi) is 7.14. The molecule has 55 heavy (non-hydrogen) atoms. The minimum absolute atomic E-state index is 0.699. The van der Waals surface area contributed by atoms with E-state index in [0.29, 0.717) is 5.82 Å². The fourth-order valence-corrected chi connectivity index (χ4v) is 7.97. The fraction of sp³-hybridized carbons (Fsp3) is 0. The Morgan fingerprint density at radius 3 is 1.65 bits per heavy atom. The molecule has 3 aromatic heterocycles. The largest absolute Gasteiger partial charge is 0.455 e. The number of para-hydroxylation sites is 3. The third kappa shape index (κ3) is 5.26. The summed E-state index contributed by atoms with van der Waals surface area (Å²) in [6.45, 7) is 0. The van der Waals surface area contributed by atoms with Crippen LogP contribution in [-0.4, -0.2) is 15.0 Å². The summed E-state index contributed by atoms with van der Waals surface area (Å²) in [7, 11) is 0. The second-order valence-electron chi connectivity index (χ2n) is 14.0. The molecule has 0 fully saturated rings. The lowest BCUT2D eigenvalue weighted by Crippen LogP contribution is -1.95. The highest BCUT2D eigenvalue weighted by Gasteiger charge is 2.18. The van der Waals surface area contributed by atoms with Gasteiger partial charge in [0.15, 0.2) is 5.82 Å². The average molecular weight is 702 g/mol. The van der Waals surface area contributed by atoms with Crippen LogP contribution >= 0.6 is 0 Å². The van der Waals surface area contributed by atoms with Gasteiger partial charge in [-0.25, -0.2) is 15.0 Å². The van der Waals surface area contributed by atoms with E-state index in [1.807, 2.05) is 36.4 Å². The van der Waals surface area contributed by atoms with Gasteiger partial charge in [0.1, 0.15) is 11.2 Å². The van der Waals surface area contributed by atoms with E-state index >= 15 is 0 Å². The van der Waals surface area contributed by atoms with Gasteiger partial charge in [-0.05, 0) is 52.6 Å². The van der Waals surface area contributed by atoms with Gasteiger partial charge in [-0.3, -0.25) is 0 Å². The Morgan fingerprint density at radius 1 is 0.309 bits per heavy atom. The number of aromatic nitrogens is 3. The van der Waals surface area contributed by atoms with Crippen LogP contribution in [0.15, 0.2) is 192 Å². The second-order valence-corrected chi connectivity index (χ2v) is 14.0. The average Bonchev–Trinajstić information content (AvgIpc) is 3.65. The van der Waals surface area contributed by atoms with Crippen molar-refractivity contribution in [1.29, 1.82) is 0 Å². The van der Waals surface area contributed by atoms with Crippen molar-refractivity contribution in [3.63, 3.8) is 0 Å². The lowest BCUT2D eigenvalue weighted by Gasteiger charge is -2.12. The molecule has 8 aromatic carbocycles. The molecule has 0 saturated carbocycles. The molecular weight excluding hydrogens is 671 g/mol. The molecule has 0 radical (unpaired) electrons. The van der Waals surface area contributed by atoms with E-state index < -0.39 is 0 Å². The van der Waals surface area contributed by atoms with Gasteiger partial charge in [0.25, 0.3) is 0 Å². The third-order valence-electron chi connectivity index (χ3n) is 10.7. The first-order valence-corrected chi connectivity index (χ1v) is 18.5. The minimum Gasteiger partial charge on any atom is -0.455 e. The van der Waals surface area contributed by atoms with E-state index in [-0.39, 0.29) is 0 Å². The molecule has 0 aliphatic carbocycles. The highest BCUT2D eigenvalue weighted by Crippen LogP contribution is 2.41. The molecule has 256 valence electrons. The second kappa shape index (κ2) is 12.6. The fourth-order valence-electron chi connectivity index (χ4n) is 7.97. The maximum absolute atomic E-state index is 6.54. The van der Waals surface area contributed by atoms with Gasteiger partial charge in [0.2, 0.25) is 0 Å². The maximum Gasteiger partial charge on any atom is 0.160 e. The van der Waals surface area contributed by atoms with Gasteiger partial charge < -0.3 is 4.42 Å². The van der Waals surface area contributed by atoms with Gasteiger partial charge in [0.05, 0.1) is 22.4 Å². The topological polar surface area (TPSA) is 51.8 Å². The molecule has 0 amide bonds. The first-order chi connectivity index (χ1) is 27.2. The first-order valence-electron chi connectivity index (χ1n) is 18.5. The molecule has 11 aromatic rings. The van der Waals surface area contributed by atoms with E-state index in [1.165, 1.54) is 11.1 Å². The van der Waals surface area contributed by atoms with Gasteiger partial charge in [0, 0.05) is 49.0 Å². The van der Waals surface area contributed by atoms with Crippen LogP contribution < -0.4 is 0 Å². The summed E-state index contributed by atoms with van der Waals surface area (Å²) in [6, 6.07) is 65.5. The zero-order valence-electron chi connectivity index (χ0n) is 29.6. The standard InChI is InChI=1S/C51H31N3O/c1-2-11-32(12-3-1)33-21-25-35(26-22-33)48-42-17-5-8-19-45(42)53-51(54-48)36-27-23-34(24-28-36)37-13-10-14-38(31-37)49-43-30-29-40-39-15-6-9-20-46(39)55-50(40)47(43)41-16-4-7-18-44(41)52-49/h1-31H. The van der Waals surface area contributed by atoms with Crippen molar-refractivity contribution in [3.8, 4) is 56.2 Å². The van der Waals surface area contributed by atoms with Crippen LogP contribution in [0.1, 0.15) is 0 Å². The lowest BCUT2D eigenvalue weighted by molar-refractivity contribution is 0.673. The Morgan fingerprint density at radius 2 is 0.855 bits per heavy atom. The Balaban J connectivity index is 0.979. The molecule has 0 spiro atoms. The molecule has 11 rings (SSSR count). The van der Waals surface area contributed by atoms with E-state index in [0.717, 1.165) is 93.7 Å². The number of hydrogen-bond acceptors (Lipinski definition) is 4. The van der Waals surface area contributed by atoms with Crippen molar-refractivity contribution in [2.45, 2.75) is 0 Å². The number of hydrogen-bond donors (Lipinski definition) is 0. The van der Waals surface area contributed by atoms with Crippen LogP contribution in [0.5, 0.6) is 0 Å². The zero-order valence-corrected chi connectivity index (χ0v) is 29.6. The number of pyridine rings is 1. The molecule has 0 N–H and O–H groups in total. The zero-order chi connectivity index (χ0) is 36.3. The molecule has 4 heteroatoms.